The summed E-state index contributed by atoms with van der Waals surface area (Å²) in [6.07, 6.45) is 3.64. The Morgan fingerprint density at radius 1 is 1.12 bits per heavy atom. The molecule has 0 fully saturated rings. The van der Waals surface area contributed by atoms with Crippen molar-refractivity contribution in [1.29, 1.82) is 0 Å². The van der Waals surface area contributed by atoms with Crippen LogP contribution in [0.15, 0.2) is 36.7 Å². The van der Waals surface area contributed by atoms with Crippen LogP contribution in [0.4, 0.5) is 11.6 Å². The molecular weight excluding hydrogens is 212 g/mol. The summed E-state index contributed by atoms with van der Waals surface area (Å²) in [5.41, 5.74) is 8.68. The van der Waals surface area contributed by atoms with E-state index in [1.165, 1.54) is 5.56 Å². The number of benzene rings is 1. The molecule has 0 saturated carbocycles. The number of hydrogen-bond donors (Lipinski definition) is 1. The van der Waals surface area contributed by atoms with Gasteiger partial charge in [-0.2, -0.15) is 0 Å². The molecule has 17 heavy (non-hydrogen) atoms. The molecule has 2 rings (SSSR count). The molecule has 0 amide bonds. The number of rotatable bonds is 3. The van der Waals surface area contributed by atoms with Crippen molar-refractivity contribution in [2.45, 2.75) is 13.5 Å². The first-order chi connectivity index (χ1) is 8.15. The third-order valence-electron chi connectivity index (χ3n) is 2.51. The molecule has 4 nitrogen and oxygen atoms in total. The molecule has 1 aromatic carbocycles. The van der Waals surface area contributed by atoms with Crippen LogP contribution < -0.4 is 10.6 Å². The maximum atomic E-state index is 5.65. The summed E-state index contributed by atoms with van der Waals surface area (Å²) in [5.74, 6) is 0.729. The summed E-state index contributed by atoms with van der Waals surface area (Å²) in [7, 11) is 1.97. The highest BCUT2D eigenvalue weighted by atomic mass is 15.2. The summed E-state index contributed by atoms with van der Waals surface area (Å²) < 4.78 is 0. The molecule has 0 saturated heterocycles. The minimum atomic E-state index is 0.729. The number of anilines is 2. The average Bonchev–Trinajstić information content (AvgIpc) is 2.33. The normalized spacial score (nSPS) is 10.2. The van der Waals surface area contributed by atoms with Crippen molar-refractivity contribution in [1.82, 2.24) is 9.97 Å². The number of nitrogens with zero attached hydrogens (tertiary/aromatic N) is 3. The second kappa shape index (κ2) is 4.82. The largest absolute Gasteiger partial charge is 0.399 e. The van der Waals surface area contributed by atoms with Crippen molar-refractivity contribution in [3.05, 3.63) is 47.8 Å². The van der Waals surface area contributed by atoms with Crippen LogP contribution in [0, 0.1) is 6.92 Å². The number of hydrogen-bond acceptors (Lipinski definition) is 4. The van der Waals surface area contributed by atoms with Crippen molar-refractivity contribution in [3.8, 4) is 0 Å². The molecule has 0 aliphatic heterocycles. The van der Waals surface area contributed by atoms with Gasteiger partial charge >= 0.3 is 0 Å². The number of nitrogens with two attached hydrogens (primary N) is 1. The maximum Gasteiger partial charge on any atom is 0.225 e. The maximum absolute atomic E-state index is 5.65. The Labute approximate surface area is 101 Å². The summed E-state index contributed by atoms with van der Waals surface area (Å²) in [6, 6.07) is 7.83. The van der Waals surface area contributed by atoms with Crippen molar-refractivity contribution >= 4 is 11.6 Å². The predicted molar refractivity (Wildman–Crippen MR) is 69.7 cm³/mol. The van der Waals surface area contributed by atoms with Crippen LogP contribution in [0.5, 0.6) is 0 Å². The van der Waals surface area contributed by atoms with E-state index in [1.807, 2.05) is 55.5 Å². The molecule has 1 aromatic heterocycles. The molecule has 4 heteroatoms. The fourth-order valence-corrected chi connectivity index (χ4v) is 1.55. The van der Waals surface area contributed by atoms with Gasteiger partial charge in [0.15, 0.2) is 0 Å². The quantitative estimate of drug-likeness (QED) is 0.816. The lowest BCUT2D eigenvalue weighted by molar-refractivity contribution is 0.864. The smallest absolute Gasteiger partial charge is 0.225 e. The summed E-state index contributed by atoms with van der Waals surface area (Å²) >= 11 is 0. The van der Waals surface area contributed by atoms with Gasteiger partial charge in [-0.1, -0.05) is 12.1 Å². The van der Waals surface area contributed by atoms with Gasteiger partial charge in [-0.3, -0.25) is 0 Å². The van der Waals surface area contributed by atoms with Crippen molar-refractivity contribution in [2.24, 2.45) is 0 Å². The van der Waals surface area contributed by atoms with Gasteiger partial charge in [0.05, 0.1) is 0 Å². The second-order valence-electron chi connectivity index (χ2n) is 4.16. The predicted octanol–water partition coefficient (Wildman–Crippen LogP) is 2.00. The zero-order valence-electron chi connectivity index (χ0n) is 10.1. The van der Waals surface area contributed by atoms with E-state index in [-0.39, 0.29) is 0 Å². The molecule has 0 radical (unpaired) electrons. The van der Waals surface area contributed by atoms with Gasteiger partial charge in [-0.05, 0) is 30.2 Å². The number of aryl methyl sites for hydroxylation is 1. The standard InChI is InChI=1S/C13H16N4/c1-10-7-15-13(16-8-10)17(2)9-11-3-5-12(14)6-4-11/h3-8H,9,14H2,1-2H3. The van der Waals surface area contributed by atoms with Crippen LogP contribution >= 0.6 is 0 Å². The van der Waals surface area contributed by atoms with E-state index in [4.69, 9.17) is 5.73 Å². The lowest BCUT2D eigenvalue weighted by Crippen LogP contribution is -2.18. The van der Waals surface area contributed by atoms with E-state index < -0.39 is 0 Å². The molecule has 0 bridgehead atoms. The van der Waals surface area contributed by atoms with Crippen LogP contribution in [0.25, 0.3) is 0 Å². The van der Waals surface area contributed by atoms with Crippen LogP contribution in [0.1, 0.15) is 11.1 Å². The molecule has 1 heterocycles. The summed E-state index contributed by atoms with van der Waals surface area (Å²) in [6.45, 7) is 2.74. The Morgan fingerprint density at radius 2 is 1.71 bits per heavy atom. The van der Waals surface area contributed by atoms with E-state index in [0.717, 1.165) is 23.7 Å². The van der Waals surface area contributed by atoms with Gasteiger partial charge < -0.3 is 10.6 Å². The SMILES string of the molecule is Cc1cnc(N(C)Cc2ccc(N)cc2)nc1. The summed E-state index contributed by atoms with van der Waals surface area (Å²) in [4.78, 5) is 10.6. The molecule has 0 atom stereocenters. The Balaban J connectivity index is 2.08. The zero-order chi connectivity index (χ0) is 12.3. The third-order valence-corrected chi connectivity index (χ3v) is 2.51. The monoisotopic (exact) mass is 228 g/mol. The van der Waals surface area contributed by atoms with Gasteiger partial charge in [0.2, 0.25) is 5.95 Å². The highest BCUT2D eigenvalue weighted by molar-refractivity contribution is 5.40. The first-order valence-corrected chi connectivity index (χ1v) is 5.49. The molecule has 0 aliphatic rings. The van der Waals surface area contributed by atoms with Crippen LogP contribution in [0.2, 0.25) is 0 Å². The van der Waals surface area contributed by atoms with Crippen LogP contribution in [0.3, 0.4) is 0 Å². The Morgan fingerprint density at radius 3 is 2.29 bits per heavy atom. The Hall–Kier alpha value is -2.10. The van der Waals surface area contributed by atoms with Gasteiger partial charge in [0, 0.05) is 31.7 Å². The van der Waals surface area contributed by atoms with Gasteiger partial charge in [0.1, 0.15) is 0 Å². The molecule has 2 aromatic rings. The van der Waals surface area contributed by atoms with Gasteiger partial charge in [-0.25, -0.2) is 9.97 Å². The fraction of sp³-hybridized carbons (Fsp3) is 0.231. The van der Waals surface area contributed by atoms with Crippen molar-refractivity contribution in [3.63, 3.8) is 0 Å². The molecule has 88 valence electrons. The first-order valence-electron chi connectivity index (χ1n) is 5.49. The third kappa shape index (κ3) is 2.93. The van der Waals surface area contributed by atoms with Crippen LogP contribution in [-0.4, -0.2) is 17.0 Å². The molecule has 0 aliphatic carbocycles. The first kappa shape index (κ1) is 11.4. The Bertz CT molecular complexity index is 476. The molecule has 0 spiro atoms. The van der Waals surface area contributed by atoms with E-state index in [1.54, 1.807) is 0 Å². The van der Waals surface area contributed by atoms with Crippen LogP contribution in [-0.2, 0) is 6.54 Å². The number of nitrogen functional groups attached to an aromatic ring is 1. The minimum Gasteiger partial charge on any atom is -0.399 e. The fourth-order valence-electron chi connectivity index (χ4n) is 1.55. The van der Waals surface area contributed by atoms with E-state index in [9.17, 15) is 0 Å². The average molecular weight is 228 g/mol. The second-order valence-corrected chi connectivity index (χ2v) is 4.16. The minimum absolute atomic E-state index is 0.729. The molecular formula is C13H16N4. The van der Waals surface area contributed by atoms with E-state index >= 15 is 0 Å². The van der Waals surface area contributed by atoms with Crippen molar-refractivity contribution in [2.75, 3.05) is 17.7 Å². The highest BCUT2D eigenvalue weighted by Gasteiger charge is 2.04. The van der Waals surface area contributed by atoms with Gasteiger partial charge in [-0.15, -0.1) is 0 Å². The lowest BCUT2D eigenvalue weighted by Gasteiger charge is -2.16. The zero-order valence-corrected chi connectivity index (χ0v) is 10.1. The van der Waals surface area contributed by atoms with Gasteiger partial charge in [0.25, 0.3) is 0 Å². The highest BCUT2D eigenvalue weighted by Crippen LogP contribution is 2.11. The van der Waals surface area contributed by atoms with E-state index in [2.05, 4.69) is 9.97 Å². The molecule has 0 unspecified atom stereocenters. The molecule has 2 N–H and O–H groups in total. The number of aromatic nitrogens is 2. The van der Waals surface area contributed by atoms with Crippen molar-refractivity contribution < 1.29 is 0 Å². The lowest BCUT2D eigenvalue weighted by atomic mass is 10.2. The topological polar surface area (TPSA) is 55.0 Å². The summed E-state index contributed by atoms with van der Waals surface area (Å²) in [5, 5.41) is 0. The van der Waals surface area contributed by atoms with E-state index in [0.29, 0.717) is 0 Å². The Kier molecular flexibility index (Phi) is 3.23.